The topological polar surface area (TPSA) is 107 Å². The van der Waals surface area contributed by atoms with Crippen molar-refractivity contribution in [1.82, 2.24) is 9.55 Å². The number of rotatable bonds is 6. The van der Waals surface area contributed by atoms with Gasteiger partial charge in [-0.3, -0.25) is 9.59 Å². The minimum absolute atomic E-state index is 0.185. The molecule has 8 heteroatoms. The van der Waals surface area contributed by atoms with E-state index in [9.17, 15) is 19.2 Å². The van der Waals surface area contributed by atoms with Crippen molar-refractivity contribution in [3.63, 3.8) is 0 Å². The Labute approximate surface area is 165 Å². The van der Waals surface area contributed by atoms with Crippen molar-refractivity contribution in [3.05, 3.63) is 74.9 Å². The van der Waals surface area contributed by atoms with Gasteiger partial charge >= 0.3 is 11.7 Å². The van der Waals surface area contributed by atoms with E-state index in [-0.39, 0.29) is 16.7 Å². The van der Waals surface area contributed by atoms with Crippen molar-refractivity contribution in [2.24, 2.45) is 0 Å². The summed E-state index contributed by atoms with van der Waals surface area (Å²) >= 11 is 0. The third-order valence-electron chi connectivity index (χ3n) is 4.60. The predicted molar refractivity (Wildman–Crippen MR) is 106 cm³/mol. The third-order valence-corrected chi connectivity index (χ3v) is 4.60. The van der Waals surface area contributed by atoms with Gasteiger partial charge in [0, 0.05) is 5.56 Å². The van der Waals surface area contributed by atoms with E-state index >= 15 is 0 Å². The highest BCUT2D eigenvalue weighted by atomic mass is 16.5. The van der Waals surface area contributed by atoms with Gasteiger partial charge in [-0.05, 0) is 26.0 Å². The number of para-hydroxylation sites is 1. The molecule has 1 aromatic heterocycles. The van der Waals surface area contributed by atoms with Crippen LogP contribution < -0.4 is 16.0 Å². The highest BCUT2D eigenvalue weighted by molar-refractivity contribution is 5.98. The number of carbonyl (C=O) groups is 2. The average Bonchev–Trinajstić information content (AvgIpc) is 2.71. The molecule has 0 atom stereocenters. The first-order chi connectivity index (χ1) is 13.8. The van der Waals surface area contributed by atoms with Crippen molar-refractivity contribution in [2.45, 2.75) is 19.4 Å². The molecule has 8 nitrogen and oxygen atoms in total. The lowest BCUT2D eigenvalue weighted by atomic mass is 10.1. The van der Waals surface area contributed by atoms with E-state index < -0.39 is 29.4 Å². The molecule has 1 N–H and O–H groups in total. The Morgan fingerprint density at radius 3 is 2.38 bits per heavy atom. The minimum Gasteiger partial charge on any atom is -0.495 e. The molecule has 0 saturated carbocycles. The van der Waals surface area contributed by atoms with Gasteiger partial charge in [0.2, 0.25) is 0 Å². The van der Waals surface area contributed by atoms with E-state index in [0.717, 1.165) is 4.57 Å². The first-order valence-corrected chi connectivity index (χ1v) is 8.85. The summed E-state index contributed by atoms with van der Waals surface area (Å²) in [5, 5.41) is 0.185. The summed E-state index contributed by atoms with van der Waals surface area (Å²) in [6, 6.07) is 13.1. The average molecular weight is 396 g/mol. The van der Waals surface area contributed by atoms with Crippen LogP contribution in [0.5, 0.6) is 5.75 Å². The van der Waals surface area contributed by atoms with Crippen molar-refractivity contribution in [2.75, 3.05) is 13.7 Å². The number of Topliss-reactive ketones (excluding diaryl/α,β-unsaturated/α-hetero) is 1. The van der Waals surface area contributed by atoms with Crippen LogP contribution >= 0.6 is 0 Å². The number of ether oxygens (including phenoxy) is 2. The maximum atomic E-state index is 12.9. The lowest BCUT2D eigenvalue weighted by Crippen LogP contribution is -2.51. The number of ketones is 1. The van der Waals surface area contributed by atoms with Crippen LogP contribution in [0.25, 0.3) is 10.9 Å². The van der Waals surface area contributed by atoms with Crippen LogP contribution in [0.15, 0.2) is 58.1 Å². The fourth-order valence-corrected chi connectivity index (χ4v) is 3.00. The molecule has 29 heavy (non-hydrogen) atoms. The number of nitrogens with zero attached hydrogens (tertiary/aromatic N) is 1. The van der Waals surface area contributed by atoms with E-state index in [1.807, 2.05) is 0 Å². The highest BCUT2D eigenvalue weighted by Crippen LogP contribution is 2.21. The maximum absolute atomic E-state index is 12.9. The van der Waals surface area contributed by atoms with Gasteiger partial charge in [-0.2, -0.15) is 0 Å². The van der Waals surface area contributed by atoms with Crippen molar-refractivity contribution in [3.8, 4) is 5.75 Å². The lowest BCUT2D eigenvalue weighted by molar-refractivity contribution is -0.151. The maximum Gasteiger partial charge on any atom is 0.332 e. The zero-order valence-corrected chi connectivity index (χ0v) is 16.2. The normalized spacial score (nSPS) is 11.3. The number of hydrogen-bond acceptors (Lipinski definition) is 6. The molecule has 3 rings (SSSR count). The number of methoxy groups -OCH3 is 1. The van der Waals surface area contributed by atoms with E-state index in [1.165, 1.54) is 27.0 Å². The molecule has 150 valence electrons. The molecule has 0 aliphatic heterocycles. The summed E-state index contributed by atoms with van der Waals surface area (Å²) in [5.41, 5.74) is -2.46. The molecule has 3 aromatic rings. The number of aromatic amines is 1. The molecule has 2 aromatic carbocycles. The molecule has 0 fully saturated rings. The summed E-state index contributed by atoms with van der Waals surface area (Å²) in [5.74, 6) is -0.937. The summed E-state index contributed by atoms with van der Waals surface area (Å²) in [7, 11) is 1.42. The van der Waals surface area contributed by atoms with Gasteiger partial charge in [0.1, 0.15) is 11.3 Å². The Bertz CT molecular complexity index is 1190. The van der Waals surface area contributed by atoms with Gasteiger partial charge < -0.3 is 14.5 Å². The zero-order valence-electron chi connectivity index (χ0n) is 16.2. The number of nitrogens with one attached hydrogen (secondary N) is 1. The monoisotopic (exact) mass is 396 g/mol. The van der Waals surface area contributed by atoms with Gasteiger partial charge in [0.15, 0.2) is 12.4 Å². The van der Waals surface area contributed by atoms with E-state index in [2.05, 4.69) is 4.98 Å². The molecular formula is C21H20N2O6. The molecule has 0 spiro atoms. The van der Waals surface area contributed by atoms with Gasteiger partial charge in [-0.25, -0.2) is 14.2 Å². The van der Waals surface area contributed by atoms with Crippen molar-refractivity contribution < 1.29 is 19.1 Å². The van der Waals surface area contributed by atoms with E-state index in [4.69, 9.17) is 9.47 Å². The molecule has 0 unspecified atom stereocenters. The molecule has 0 aliphatic carbocycles. The number of benzene rings is 2. The number of fused-ring (bicyclic) bond motifs is 1. The van der Waals surface area contributed by atoms with Crippen LogP contribution in [0, 0.1) is 0 Å². The summed E-state index contributed by atoms with van der Waals surface area (Å²) in [4.78, 5) is 52.9. The zero-order chi connectivity index (χ0) is 21.2. The second-order valence-electron chi connectivity index (χ2n) is 6.88. The molecule has 0 saturated heterocycles. The van der Waals surface area contributed by atoms with Crippen LogP contribution in [-0.2, 0) is 15.1 Å². The summed E-state index contributed by atoms with van der Waals surface area (Å²) < 4.78 is 11.1. The standard InChI is InChI=1S/C21H20N2O6/c1-21(2,19(26)29-12-15(24)13-8-5-4-6-9-13)23-18(25)14-10-7-11-16(28-3)17(14)22-20(23)27/h4-11H,12H2,1-3H3,(H,22,27). The van der Waals surface area contributed by atoms with Gasteiger partial charge in [0.05, 0.1) is 18.0 Å². The number of esters is 1. The van der Waals surface area contributed by atoms with Crippen LogP contribution in [0.2, 0.25) is 0 Å². The fraction of sp³-hybridized carbons (Fsp3) is 0.238. The molecular weight excluding hydrogens is 376 g/mol. The Morgan fingerprint density at radius 1 is 1.03 bits per heavy atom. The Hall–Kier alpha value is -3.68. The first-order valence-electron chi connectivity index (χ1n) is 8.85. The predicted octanol–water partition coefficient (Wildman–Crippen LogP) is 1.86. The van der Waals surface area contributed by atoms with Crippen molar-refractivity contribution >= 4 is 22.7 Å². The Balaban J connectivity index is 1.93. The number of carbonyl (C=O) groups excluding carboxylic acids is 2. The molecule has 0 radical (unpaired) electrons. The van der Waals surface area contributed by atoms with Gasteiger partial charge in [-0.1, -0.05) is 36.4 Å². The highest BCUT2D eigenvalue weighted by Gasteiger charge is 2.35. The van der Waals surface area contributed by atoms with Crippen molar-refractivity contribution in [1.29, 1.82) is 0 Å². The number of hydrogen-bond donors (Lipinski definition) is 1. The van der Waals surface area contributed by atoms with E-state index in [0.29, 0.717) is 11.3 Å². The largest absolute Gasteiger partial charge is 0.495 e. The number of H-pyrrole nitrogens is 1. The number of aromatic nitrogens is 2. The first kappa shape index (κ1) is 20.1. The minimum atomic E-state index is -1.64. The smallest absolute Gasteiger partial charge is 0.332 e. The second kappa shape index (κ2) is 7.75. The second-order valence-corrected chi connectivity index (χ2v) is 6.88. The summed E-state index contributed by atoms with van der Waals surface area (Å²) in [6.07, 6.45) is 0. The van der Waals surface area contributed by atoms with Gasteiger partial charge in [0.25, 0.3) is 5.56 Å². The molecule has 0 aliphatic rings. The van der Waals surface area contributed by atoms with E-state index in [1.54, 1.807) is 42.5 Å². The Morgan fingerprint density at radius 2 is 1.72 bits per heavy atom. The Kier molecular flexibility index (Phi) is 5.36. The molecule has 0 amide bonds. The van der Waals surface area contributed by atoms with Gasteiger partial charge in [-0.15, -0.1) is 0 Å². The molecule has 1 heterocycles. The molecule has 0 bridgehead atoms. The van der Waals surface area contributed by atoms with Crippen LogP contribution in [-0.4, -0.2) is 35.0 Å². The van der Waals surface area contributed by atoms with Crippen LogP contribution in [0.3, 0.4) is 0 Å². The quantitative estimate of drug-likeness (QED) is 0.503. The van der Waals surface area contributed by atoms with Crippen LogP contribution in [0.4, 0.5) is 0 Å². The third kappa shape index (κ3) is 3.69. The van der Waals surface area contributed by atoms with Crippen LogP contribution in [0.1, 0.15) is 24.2 Å². The SMILES string of the molecule is COc1cccc2c(=O)n(C(C)(C)C(=O)OCC(=O)c3ccccc3)c(=O)[nH]c12. The fourth-order valence-electron chi connectivity index (χ4n) is 3.00. The summed E-state index contributed by atoms with van der Waals surface area (Å²) in [6.45, 7) is 2.26. The lowest BCUT2D eigenvalue weighted by Gasteiger charge is -2.24.